The molecular weight excluding hydrogens is 224 g/mol. The van der Waals surface area contributed by atoms with Gasteiger partial charge < -0.3 is 10.2 Å². The predicted molar refractivity (Wildman–Crippen MR) is 74.5 cm³/mol. The van der Waals surface area contributed by atoms with Gasteiger partial charge in [0, 0.05) is 19.1 Å². The van der Waals surface area contributed by atoms with Crippen molar-refractivity contribution in [3.63, 3.8) is 0 Å². The van der Waals surface area contributed by atoms with E-state index in [1.165, 1.54) is 51.4 Å². The Morgan fingerprint density at radius 3 is 2.56 bits per heavy atom. The van der Waals surface area contributed by atoms with E-state index in [0.717, 1.165) is 19.5 Å². The van der Waals surface area contributed by atoms with Gasteiger partial charge in [-0.2, -0.15) is 0 Å². The Bertz CT molecular complexity index is 263. The summed E-state index contributed by atoms with van der Waals surface area (Å²) in [4.78, 5) is 14.2. The Kier molecular flexibility index (Phi) is 5.48. The van der Waals surface area contributed by atoms with Gasteiger partial charge in [-0.1, -0.05) is 39.0 Å². The summed E-state index contributed by atoms with van der Waals surface area (Å²) >= 11 is 0. The molecule has 2 rings (SSSR count). The molecule has 2 fully saturated rings. The van der Waals surface area contributed by atoms with Crippen LogP contribution in [0.4, 0.5) is 0 Å². The average Bonchev–Trinajstić information content (AvgIpc) is 3.12. The molecule has 1 aliphatic carbocycles. The highest BCUT2D eigenvalue weighted by atomic mass is 16.2. The van der Waals surface area contributed by atoms with Crippen molar-refractivity contribution >= 4 is 5.91 Å². The van der Waals surface area contributed by atoms with E-state index in [1.807, 2.05) is 0 Å². The summed E-state index contributed by atoms with van der Waals surface area (Å²) < 4.78 is 0. The van der Waals surface area contributed by atoms with Gasteiger partial charge in [0.05, 0.1) is 6.04 Å². The summed E-state index contributed by atoms with van der Waals surface area (Å²) in [6.45, 7) is 4.20. The second-order valence-corrected chi connectivity index (χ2v) is 5.88. The van der Waals surface area contributed by atoms with Crippen LogP contribution in [-0.4, -0.2) is 36.0 Å². The molecule has 1 saturated carbocycles. The molecular formula is C15H28N2O. The van der Waals surface area contributed by atoms with Crippen LogP contribution < -0.4 is 5.32 Å². The molecule has 0 aromatic rings. The predicted octanol–water partition coefficient (Wildman–Crippen LogP) is 2.70. The first-order valence-electron chi connectivity index (χ1n) is 7.86. The maximum Gasteiger partial charge on any atom is 0.239 e. The summed E-state index contributed by atoms with van der Waals surface area (Å²) in [5.74, 6) is 0.357. The van der Waals surface area contributed by atoms with E-state index in [-0.39, 0.29) is 6.04 Å². The van der Waals surface area contributed by atoms with Gasteiger partial charge >= 0.3 is 0 Å². The highest BCUT2D eigenvalue weighted by Crippen LogP contribution is 2.22. The van der Waals surface area contributed by atoms with Crippen molar-refractivity contribution in [1.82, 2.24) is 10.2 Å². The summed E-state index contributed by atoms with van der Waals surface area (Å²) in [7, 11) is 0. The Balaban J connectivity index is 1.54. The minimum atomic E-state index is 0.137. The topological polar surface area (TPSA) is 32.3 Å². The molecule has 1 atom stereocenters. The number of amides is 1. The lowest BCUT2D eigenvalue weighted by Gasteiger charge is -2.17. The SMILES string of the molecule is CCCCCCCCN1CCC(NC2CC2)C1=O. The van der Waals surface area contributed by atoms with Gasteiger partial charge in [-0.15, -0.1) is 0 Å². The number of hydrogen-bond donors (Lipinski definition) is 1. The number of hydrogen-bond acceptors (Lipinski definition) is 2. The van der Waals surface area contributed by atoms with Crippen LogP contribution in [0.5, 0.6) is 0 Å². The monoisotopic (exact) mass is 252 g/mol. The van der Waals surface area contributed by atoms with Crippen molar-refractivity contribution in [2.24, 2.45) is 0 Å². The Morgan fingerprint density at radius 1 is 1.11 bits per heavy atom. The highest BCUT2D eigenvalue weighted by Gasteiger charge is 2.34. The molecule has 0 aromatic carbocycles. The normalized spacial score (nSPS) is 23.9. The quantitative estimate of drug-likeness (QED) is 0.640. The third kappa shape index (κ3) is 4.27. The van der Waals surface area contributed by atoms with E-state index in [1.54, 1.807) is 0 Å². The van der Waals surface area contributed by atoms with E-state index in [9.17, 15) is 4.79 Å². The van der Waals surface area contributed by atoms with Crippen molar-refractivity contribution in [3.8, 4) is 0 Å². The Hall–Kier alpha value is -0.570. The zero-order valence-electron chi connectivity index (χ0n) is 11.8. The number of rotatable bonds is 9. The van der Waals surface area contributed by atoms with Crippen molar-refractivity contribution < 1.29 is 4.79 Å². The number of nitrogens with one attached hydrogen (secondary N) is 1. The first-order chi connectivity index (χ1) is 8.81. The van der Waals surface area contributed by atoms with Crippen LogP contribution in [0.2, 0.25) is 0 Å². The summed E-state index contributed by atoms with van der Waals surface area (Å²) in [6, 6.07) is 0.783. The van der Waals surface area contributed by atoms with Gasteiger partial charge in [0.2, 0.25) is 5.91 Å². The van der Waals surface area contributed by atoms with Crippen molar-refractivity contribution in [2.75, 3.05) is 13.1 Å². The molecule has 1 N–H and O–H groups in total. The molecule has 1 saturated heterocycles. The molecule has 1 unspecified atom stereocenters. The largest absolute Gasteiger partial charge is 0.341 e. The number of carbonyl (C=O) groups is 1. The molecule has 3 nitrogen and oxygen atoms in total. The van der Waals surface area contributed by atoms with Crippen LogP contribution in [-0.2, 0) is 4.79 Å². The molecule has 18 heavy (non-hydrogen) atoms. The van der Waals surface area contributed by atoms with E-state index < -0.39 is 0 Å². The zero-order chi connectivity index (χ0) is 12.8. The van der Waals surface area contributed by atoms with Crippen LogP contribution in [0.15, 0.2) is 0 Å². The second kappa shape index (κ2) is 7.13. The summed E-state index contributed by atoms with van der Waals surface area (Å²) in [6.07, 6.45) is 11.4. The standard InChI is InChI=1S/C15H28N2O/c1-2-3-4-5-6-7-11-17-12-10-14(15(17)18)16-13-8-9-13/h13-14,16H,2-12H2,1H3. The molecule has 1 aliphatic heterocycles. The minimum Gasteiger partial charge on any atom is -0.341 e. The number of likely N-dealkylation sites (tertiary alicyclic amines) is 1. The van der Waals surface area contributed by atoms with Gasteiger partial charge in [-0.3, -0.25) is 4.79 Å². The lowest BCUT2D eigenvalue weighted by molar-refractivity contribution is -0.129. The van der Waals surface area contributed by atoms with E-state index in [2.05, 4.69) is 17.1 Å². The zero-order valence-corrected chi connectivity index (χ0v) is 11.8. The Labute approximate surface area is 111 Å². The first kappa shape index (κ1) is 13.9. The third-order valence-corrected chi connectivity index (χ3v) is 4.09. The maximum atomic E-state index is 12.1. The number of unbranched alkanes of at least 4 members (excludes halogenated alkanes) is 5. The fraction of sp³-hybridized carbons (Fsp3) is 0.933. The third-order valence-electron chi connectivity index (χ3n) is 4.09. The van der Waals surface area contributed by atoms with Gasteiger partial charge in [0.1, 0.15) is 0 Å². The van der Waals surface area contributed by atoms with Crippen LogP contribution in [0, 0.1) is 0 Å². The fourth-order valence-electron chi connectivity index (χ4n) is 2.73. The first-order valence-corrected chi connectivity index (χ1v) is 7.86. The van der Waals surface area contributed by atoms with Crippen LogP contribution in [0.25, 0.3) is 0 Å². The molecule has 0 radical (unpaired) electrons. The minimum absolute atomic E-state index is 0.137. The van der Waals surface area contributed by atoms with Crippen LogP contribution >= 0.6 is 0 Å². The lowest BCUT2D eigenvalue weighted by atomic mass is 10.1. The van der Waals surface area contributed by atoms with E-state index in [4.69, 9.17) is 0 Å². The van der Waals surface area contributed by atoms with Crippen molar-refractivity contribution in [1.29, 1.82) is 0 Å². The van der Waals surface area contributed by atoms with Crippen molar-refractivity contribution in [3.05, 3.63) is 0 Å². The van der Waals surface area contributed by atoms with Crippen molar-refractivity contribution in [2.45, 2.75) is 76.8 Å². The molecule has 3 heteroatoms. The second-order valence-electron chi connectivity index (χ2n) is 5.88. The molecule has 0 aromatic heterocycles. The van der Waals surface area contributed by atoms with Gasteiger partial charge in [-0.25, -0.2) is 0 Å². The number of nitrogens with zero attached hydrogens (tertiary/aromatic N) is 1. The molecule has 0 bridgehead atoms. The van der Waals surface area contributed by atoms with Gasteiger partial charge in [-0.05, 0) is 25.7 Å². The van der Waals surface area contributed by atoms with Crippen LogP contribution in [0.3, 0.4) is 0 Å². The fourth-order valence-corrected chi connectivity index (χ4v) is 2.73. The van der Waals surface area contributed by atoms with E-state index >= 15 is 0 Å². The van der Waals surface area contributed by atoms with Gasteiger partial charge in [0.25, 0.3) is 0 Å². The lowest BCUT2D eigenvalue weighted by Crippen LogP contribution is -2.39. The Morgan fingerprint density at radius 2 is 1.83 bits per heavy atom. The average molecular weight is 252 g/mol. The number of carbonyl (C=O) groups excluding carboxylic acids is 1. The summed E-state index contributed by atoms with van der Waals surface area (Å²) in [5.41, 5.74) is 0. The van der Waals surface area contributed by atoms with E-state index in [0.29, 0.717) is 11.9 Å². The van der Waals surface area contributed by atoms with Crippen LogP contribution in [0.1, 0.15) is 64.7 Å². The molecule has 0 spiro atoms. The highest BCUT2D eigenvalue weighted by molar-refractivity contribution is 5.84. The molecule has 1 amide bonds. The maximum absolute atomic E-state index is 12.1. The molecule has 1 heterocycles. The van der Waals surface area contributed by atoms with Gasteiger partial charge in [0.15, 0.2) is 0 Å². The summed E-state index contributed by atoms with van der Waals surface area (Å²) in [5, 5.41) is 3.46. The molecule has 2 aliphatic rings. The smallest absolute Gasteiger partial charge is 0.239 e. The molecule has 104 valence electrons.